The molecule has 1 aliphatic heterocycles. The van der Waals surface area contributed by atoms with Crippen LogP contribution in [-0.4, -0.2) is 25.9 Å². The summed E-state index contributed by atoms with van der Waals surface area (Å²) in [7, 11) is 0. The van der Waals surface area contributed by atoms with Crippen LogP contribution < -0.4 is 0 Å². The molecule has 1 fully saturated rings. The van der Waals surface area contributed by atoms with Crippen LogP contribution in [0.15, 0.2) is 12.7 Å². The summed E-state index contributed by atoms with van der Waals surface area (Å²) in [5, 5.41) is 0. The summed E-state index contributed by atoms with van der Waals surface area (Å²) in [6, 6.07) is 0. The van der Waals surface area contributed by atoms with Crippen LogP contribution in [0.4, 0.5) is 0 Å². The van der Waals surface area contributed by atoms with Gasteiger partial charge in [0.2, 0.25) is 6.29 Å². The third kappa shape index (κ3) is 3.34. The topological polar surface area (TPSA) is 27.7 Å². The van der Waals surface area contributed by atoms with Crippen molar-refractivity contribution >= 4 is 0 Å². The van der Waals surface area contributed by atoms with Crippen molar-refractivity contribution in [1.29, 1.82) is 0 Å². The van der Waals surface area contributed by atoms with Crippen molar-refractivity contribution in [3.63, 3.8) is 0 Å². The summed E-state index contributed by atoms with van der Waals surface area (Å²) >= 11 is 0. The van der Waals surface area contributed by atoms with Crippen molar-refractivity contribution in [2.45, 2.75) is 19.4 Å². The van der Waals surface area contributed by atoms with Gasteiger partial charge in [0.05, 0.1) is 25.9 Å². The van der Waals surface area contributed by atoms with Gasteiger partial charge in [0.1, 0.15) is 0 Å². The van der Waals surface area contributed by atoms with Gasteiger partial charge in [-0.15, -0.1) is 6.58 Å². The molecule has 0 aromatic rings. The summed E-state index contributed by atoms with van der Waals surface area (Å²) in [4.78, 5) is 0. The van der Waals surface area contributed by atoms with Crippen LogP contribution in [0.3, 0.4) is 0 Å². The quantitative estimate of drug-likeness (QED) is 0.474. The van der Waals surface area contributed by atoms with Gasteiger partial charge in [-0.2, -0.15) is 0 Å². The molecule has 1 rings (SSSR count). The first-order valence-corrected chi connectivity index (χ1v) is 4.14. The van der Waals surface area contributed by atoms with Gasteiger partial charge in [-0.3, -0.25) is 0 Å². The zero-order chi connectivity index (χ0) is 8.81. The molecule has 0 spiro atoms. The molecule has 0 aromatic carbocycles. The Kier molecular flexibility index (Phi) is 4.29. The van der Waals surface area contributed by atoms with Crippen molar-refractivity contribution in [2.24, 2.45) is 0 Å². The fraction of sp³-hybridized carbons (Fsp3) is 0.667. The molecule has 0 amide bonds. The average Bonchev–Trinajstić information content (AvgIpc) is 2.05. The van der Waals surface area contributed by atoms with E-state index in [2.05, 4.69) is 6.58 Å². The molecule has 0 N–H and O–H groups in total. The van der Waals surface area contributed by atoms with Gasteiger partial charge >= 0.3 is 0 Å². The molecule has 69 valence electrons. The van der Waals surface area contributed by atoms with Crippen molar-refractivity contribution in [3.05, 3.63) is 18.9 Å². The van der Waals surface area contributed by atoms with E-state index < -0.39 is 0 Å². The molecular weight excluding hydrogens is 156 g/mol. The maximum absolute atomic E-state index is 5.37. The van der Waals surface area contributed by atoms with E-state index in [4.69, 9.17) is 14.2 Å². The predicted molar refractivity (Wildman–Crippen MR) is 45.4 cm³/mol. The van der Waals surface area contributed by atoms with Gasteiger partial charge in [0.15, 0.2) is 0 Å². The van der Waals surface area contributed by atoms with E-state index in [9.17, 15) is 0 Å². The number of ether oxygens (including phenoxy) is 3. The van der Waals surface area contributed by atoms with E-state index in [0.29, 0.717) is 19.5 Å². The highest BCUT2D eigenvalue weighted by Gasteiger charge is 2.20. The maximum Gasteiger partial charge on any atom is 0.220 e. The van der Waals surface area contributed by atoms with E-state index >= 15 is 0 Å². The fourth-order valence-electron chi connectivity index (χ4n) is 1.06. The summed E-state index contributed by atoms with van der Waals surface area (Å²) < 4.78 is 15.8. The second-order valence-corrected chi connectivity index (χ2v) is 2.69. The summed E-state index contributed by atoms with van der Waals surface area (Å²) in [6.07, 6.45) is 3.43. The van der Waals surface area contributed by atoms with Gasteiger partial charge < -0.3 is 14.2 Å². The Balaban J connectivity index is 2.09. The summed E-state index contributed by atoms with van der Waals surface area (Å²) in [6.45, 7) is 7.31. The first-order chi connectivity index (χ1) is 5.83. The van der Waals surface area contributed by atoms with Crippen LogP contribution in [-0.2, 0) is 14.2 Å². The molecular formula is C9H15O3. The van der Waals surface area contributed by atoms with Gasteiger partial charge in [0.25, 0.3) is 0 Å². The largest absolute Gasteiger partial charge is 0.375 e. The minimum atomic E-state index is 0.152. The van der Waals surface area contributed by atoms with Crippen LogP contribution in [0.1, 0.15) is 13.3 Å². The lowest BCUT2D eigenvalue weighted by atomic mass is 10.2. The first-order valence-electron chi connectivity index (χ1n) is 4.14. The van der Waals surface area contributed by atoms with Gasteiger partial charge in [-0.25, -0.2) is 0 Å². The molecule has 12 heavy (non-hydrogen) atoms. The van der Waals surface area contributed by atoms with E-state index in [0.717, 1.165) is 13.0 Å². The molecule has 0 aromatic heterocycles. The Morgan fingerprint density at radius 3 is 3.25 bits per heavy atom. The highest BCUT2D eigenvalue weighted by Crippen LogP contribution is 2.16. The molecule has 0 saturated carbocycles. The Morgan fingerprint density at radius 2 is 2.58 bits per heavy atom. The number of hydrogen-bond donors (Lipinski definition) is 0. The SMILES string of the molecule is C=CCOCC1CCO[C](C)O1. The predicted octanol–water partition coefficient (Wildman–Crippen LogP) is 1.50. The minimum absolute atomic E-state index is 0.152. The normalized spacial score (nSPS) is 25.6. The Bertz CT molecular complexity index is 136. The Hall–Kier alpha value is -0.380. The molecule has 1 radical (unpaired) electrons. The van der Waals surface area contributed by atoms with Gasteiger partial charge in [-0.05, 0) is 13.3 Å². The second kappa shape index (κ2) is 5.30. The van der Waals surface area contributed by atoms with E-state index in [1.54, 1.807) is 6.08 Å². The van der Waals surface area contributed by atoms with E-state index in [-0.39, 0.29) is 6.10 Å². The zero-order valence-electron chi connectivity index (χ0n) is 7.41. The van der Waals surface area contributed by atoms with Crippen molar-refractivity contribution in [2.75, 3.05) is 19.8 Å². The molecule has 1 heterocycles. The lowest BCUT2D eigenvalue weighted by molar-refractivity contribution is -0.140. The molecule has 3 nitrogen and oxygen atoms in total. The van der Waals surface area contributed by atoms with Gasteiger partial charge in [0, 0.05) is 0 Å². The smallest absolute Gasteiger partial charge is 0.220 e. The average molecular weight is 171 g/mol. The summed E-state index contributed by atoms with van der Waals surface area (Å²) in [5.41, 5.74) is 0. The molecule has 0 aliphatic carbocycles. The Morgan fingerprint density at radius 1 is 1.75 bits per heavy atom. The highest BCUT2D eigenvalue weighted by atomic mass is 16.7. The second-order valence-electron chi connectivity index (χ2n) is 2.69. The minimum Gasteiger partial charge on any atom is -0.375 e. The zero-order valence-corrected chi connectivity index (χ0v) is 7.41. The third-order valence-corrected chi connectivity index (χ3v) is 1.62. The lowest BCUT2D eigenvalue weighted by Gasteiger charge is -2.26. The lowest BCUT2D eigenvalue weighted by Crippen LogP contribution is -2.29. The molecule has 1 atom stereocenters. The summed E-state index contributed by atoms with van der Waals surface area (Å²) in [5.74, 6) is 0. The highest BCUT2D eigenvalue weighted by molar-refractivity contribution is 4.71. The fourth-order valence-corrected chi connectivity index (χ4v) is 1.06. The van der Waals surface area contributed by atoms with E-state index in [1.165, 1.54) is 0 Å². The van der Waals surface area contributed by atoms with Gasteiger partial charge in [-0.1, -0.05) is 6.08 Å². The van der Waals surface area contributed by atoms with Crippen molar-refractivity contribution in [3.8, 4) is 0 Å². The standard InChI is InChI=1S/C9H15O3/c1-3-5-10-7-9-4-6-11-8(2)12-9/h3,9H,1,4-7H2,2H3. The molecule has 1 unspecified atom stereocenters. The molecule has 3 heteroatoms. The van der Waals surface area contributed by atoms with Crippen LogP contribution in [0.2, 0.25) is 0 Å². The third-order valence-electron chi connectivity index (χ3n) is 1.62. The number of hydrogen-bond acceptors (Lipinski definition) is 3. The number of rotatable bonds is 4. The molecule has 1 aliphatic rings. The van der Waals surface area contributed by atoms with Crippen LogP contribution in [0, 0.1) is 6.29 Å². The van der Waals surface area contributed by atoms with Crippen molar-refractivity contribution in [1.82, 2.24) is 0 Å². The molecule has 1 saturated heterocycles. The monoisotopic (exact) mass is 171 g/mol. The first kappa shape index (κ1) is 9.71. The maximum atomic E-state index is 5.37. The van der Waals surface area contributed by atoms with Crippen molar-refractivity contribution < 1.29 is 14.2 Å². The van der Waals surface area contributed by atoms with Crippen LogP contribution in [0.5, 0.6) is 0 Å². The molecule has 0 bridgehead atoms. The van der Waals surface area contributed by atoms with Crippen LogP contribution in [0.25, 0.3) is 0 Å². The van der Waals surface area contributed by atoms with Crippen LogP contribution >= 0.6 is 0 Å². The van der Waals surface area contributed by atoms with E-state index in [1.807, 2.05) is 6.92 Å². The Labute approximate surface area is 73.3 Å².